The zero-order chi connectivity index (χ0) is 20.1. The molecule has 3 heterocycles. The molecule has 1 atom stereocenters. The van der Waals surface area contributed by atoms with Crippen molar-refractivity contribution in [3.8, 4) is 0 Å². The topological polar surface area (TPSA) is 49.3 Å². The Labute approximate surface area is 177 Å². The van der Waals surface area contributed by atoms with Crippen LogP contribution in [0.4, 0.5) is 5.82 Å². The summed E-state index contributed by atoms with van der Waals surface area (Å²) < 4.78 is 0. The minimum absolute atomic E-state index is 0.297. The number of fused-ring (bicyclic) bond motifs is 3. The minimum Gasteiger partial charge on any atom is -0.352 e. The van der Waals surface area contributed by atoms with Crippen molar-refractivity contribution >= 4 is 33.3 Å². The van der Waals surface area contributed by atoms with Gasteiger partial charge in [-0.25, -0.2) is 9.97 Å². The van der Waals surface area contributed by atoms with Crippen molar-refractivity contribution in [3.63, 3.8) is 0 Å². The summed E-state index contributed by atoms with van der Waals surface area (Å²) in [5.41, 5.74) is 1.50. The third-order valence-corrected chi connectivity index (χ3v) is 8.16. The molecule has 1 amide bonds. The predicted octanol–water partition coefficient (Wildman–Crippen LogP) is 4.39. The van der Waals surface area contributed by atoms with Crippen LogP contribution in [0.3, 0.4) is 0 Å². The summed E-state index contributed by atoms with van der Waals surface area (Å²) in [5, 5.41) is 1.31. The van der Waals surface area contributed by atoms with Crippen LogP contribution in [0, 0.1) is 11.8 Å². The second-order valence-electron chi connectivity index (χ2n) is 9.53. The Morgan fingerprint density at radius 1 is 1.10 bits per heavy atom. The van der Waals surface area contributed by atoms with E-state index < -0.39 is 0 Å². The molecule has 1 saturated carbocycles. The van der Waals surface area contributed by atoms with E-state index in [1.54, 1.807) is 0 Å². The van der Waals surface area contributed by atoms with E-state index in [1.807, 2.05) is 11.3 Å². The number of aromatic nitrogens is 2. The molecule has 5 rings (SSSR count). The van der Waals surface area contributed by atoms with Crippen LogP contribution in [0.1, 0.15) is 68.6 Å². The van der Waals surface area contributed by atoms with Gasteiger partial charge in [-0.1, -0.05) is 27.2 Å². The first-order valence-corrected chi connectivity index (χ1v) is 12.2. The number of anilines is 1. The fourth-order valence-electron chi connectivity index (χ4n) is 4.88. The van der Waals surface area contributed by atoms with Gasteiger partial charge in [-0.05, 0) is 43.6 Å². The van der Waals surface area contributed by atoms with Gasteiger partial charge in [-0.2, -0.15) is 0 Å². The van der Waals surface area contributed by atoms with Crippen molar-refractivity contribution in [1.29, 1.82) is 0 Å². The zero-order valence-electron chi connectivity index (χ0n) is 17.9. The summed E-state index contributed by atoms with van der Waals surface area (Å²) in [6.07, 6.45) is 6.97. The summed E-state index contributed by atoms with van der Waals surface area (Å²) in [6.45, 7) is 10.1. The monoisotopic (exact) mass is 412 g/mol. The number of piperazine rings is 1. The van der Waals surface area contributed by atoms with Crippen LogP contribution in [0.15, 0.2) is 0 Å². The predicted molar refractivity (Wildman–Crippen MR) is 119 cm³/mol. The van der Waals surface area contributed by atoms with Crippen molar-refractivity contribution in [2.75, 3.05) is 31.1 Å². The summed E-state index contributed by atoms with van der Waals surface area (Å²) in [4.78, 5) is 29.9. The first-order valence-electron chi connectivity index (χ1n) is 11.4. The van der Waals surface area contributed by atoms with Crippen molar-refractivity contribution in [2.45, 2.75) is 65.2 Å². The van der Waals surface area contributed by atoms with Crippen molar-refractivity contribution in [3.05, 3.63) is 16.3 Å². The number of rotatable bonds is 3. The Hall–Kier alpha value is -1.69. The third kappa shape index (κ3) is 3.43. The van der Waals surface area contributed by atoms with Gasteiger partial charge in [0, 0.05) is 42.9 Å². The van der Waals surface area contributed by atoms with Crippen LogP contribution < -0.4 is 4.90 Å². The van der Waals surface area contributed by atoms with Gasteiger partial charge in [0.05, 0.1) is 5.39 Å². The Balaban J connectivity index is 1.46. The zero-order valence-corrected chi connectivity index (χ0v) is 18.7. The maximum absolute atomic E-state index is 12.6. The highest BCUT2D eigenvalue weighted by Gasteiger charge is 2.33. The molecular formula is C23H32N4OS. The largest absolute Gasteiger partial charge is 0.352 e. The average Bonchev–Trinajstić information content (AvgIpc) is 3.03. The van der Waals surface area contributed by atoms with Crippen LogP contribution in [-0.4, -0.2) is 47.0 Å². The van der Waals surface area contributed by atoms with E-state index >= 15 is 0 Å². The molecule has 1 saturated heterocycles. The lowest BCUT2D eigenvalue weighted by molar-refractivity contribution is -0.138. The lowest BCUT2D eigenvalue weighted by Crippen LogP contribution is -2.51. The van der Waals surface area contributed by atoms with Gasteiger partial charge in [-0.15, -0.1) is 11.3 Å². The maximum atomic E-state index is 12.6. The third-order valence-electron chi connectivity index (χ3n) is 7.01. The van der Waals surface area contributed by atoms with E-state index in [2.05, 4.69) is 30.6 Å². The Kier molecular flexibility index (Phi) is 5.01. The number of thiophene rings is 1. The number of hydrogen-bond donors (Lipinski definition) is 0. The molecule has 0 radical (unpaired) electrons. The van der Waals surface area contributed by atoms with E-state index in [9.17, 15) is 4.79 Å². The molecule has 2 aromatic rings. The summed E-state index contributed by atoms with van der Waals surface area (Å²) >= 11 is 1.89. The van der Waals surface area contributed by atoms with Crippen LogP contribution in [0.2, 0.25) is 0 Å². The molecule has 6 heteroatoms. The lowest BCUT2D eigenvalue weighted by atomic mass is 9.84. The highest BCUT2D eigenvalue weighted by molar-refractivity contribution is 7.19. The second kappa shape index (κ2) is 7.53. The fourth-order valence-corrected chi connectivity index (χ4v) is 6.26. The molecule has 3 aliphatic rings. The smallest absolute Gasteiger partial charge is 0.225 e. The normalized spacial score (nSPS) is 22.8. The molecule has 5 nitrogen and oxygen atoms in total. The van der Waals surface area contributed by atoms with Crippen LogP contribution in [0.5, 0.6) is 0 Å². The standard InChI is InChI=1S/C23H32N4OS/c1-14(2)20-24-21(19-17-8-7-15(3)13-18(17)29-22(19)25-20)26-9-11-27(12-10-26)23(28)16-5-4-6-16/h14-16H,4-13H2,1-3H3. The average molecular weight is 413 g/mol. The molecule has 1 aliphatic heterocycles. The molecule has 156 valence electrons. The molecule has 0 spiro atoms. The highest BCUT2D eigenvalue weighted by atomic mass is 32.1. The molecule has 0 N–H and O–H groups in total. The van der Waals surface area contributed by atoms with Gasteiger partial charge in [0.1, 0.15) is 16.5 Å². The summed E-state index contributed by atoms with van der Waals surface area (Å²) in [6, 6.07) is 0. The highest BCUT2D eigenvalue weighted by Crippen LogP contribution is 2.41. The number of carbonyl (C=O) groups is 1. The van der Waals surface area contributed by atoms with E-state index in [4.69, 9.17) is 9.97 Å². The Morgan fingerprint density at radius 2 is 1.86 bits per heavy atom. The van der Waals surface area contributed by atoms with Gasteiger partial charge >= 0.3 is 0 Å². The maximum Gasteiger partial charge on any atom is 0.225 e. The van der Waals surface area contributed by atoms with E-state index in [-0.39, 0.29) is 0 Å². The number of aryl methyl sites for hydroxylation is 1. The fraction of sp³-hybridized carbons (Fsp3) is 0.696. The van der Waals surface area contributed by atoms with Crippen molar-refractivity contribution in [1.82, 2.24) is 14.9 Å². The molecule has 2 aliphatic carbocycles. The number of nitrogens with zero attached hydrogens (tertiary/aromatic N) is 4. The van der Waals surface area contributed by atoms with Gasteiger partial charge in [0.25, 0.3) is 0 Å². The number of carbonyl (C=O) groups excluding carboxylic acids is 1. The number of hydrogen-bond acceptors (Lipinski definition) is 5. The molecule has 0 bridgehead atoms. The molecular weight excluding hydrogens is 380 g/mol. The van der Waals surface area contributed by atoms with Crippen LogP contribution in [0.25, 0.3) is 10.2 Å². The van der Waals surface area contributed by atoms with Gasteiger partial charge in [0.2, 0.25) is 5.91 Å². The Morgan fingerprint density at radius 3 is 2.52 bits per heavy atom. The molecule has 2 aromatic heterocycles. The lowest BCUT2D eigenvalue weighted by Gasteiger charge is -2.39. The first kappa shape index (κ1) is 19.3. The van der Waals surface area contributed by atoms with Gasteiger partial charge in [0.15, 0.2) is 0 Å². The van der Waals surface area contributed by atoms with E-state index in [0.29, 0.717) is 17.7 Å². The van der Waals surface area contributed by atoms with Gasteiger partial charge in [-0.3, -0.25) is 4.79 Å². The number of amides is 1. The first-order chi connectivity index (χ1) is 14.0. The van der Waals surface area contributed by atoms with Crippen molar-refractivity contribution < 1.29 is 4.79 Å². The second-order valence-corrected chi connectivity index (χ2v) is 10.6. The van der Waals surface area contributed by atoms with Crippen LogP contribution >= 0.6 is 11.3 Å². The van der Waals surface area contributed by atoms with Crippen LogP contribution in [-0.2, 0) is 17.6 Å². The van der Waals surface area contributed by atoms with Crippen molar-refractivity contribution in [2.24, 2.45) is 11.8 Å². The molecule has 2 fully saturated rings. The SMILES string of the molecule is CC1CCc2c(sc3nc(C(C)C)nc(N4CCN(C(=O)C5CCC5)CC4)c23)C1. The summed E-state index contributed by atoms with van der Waals surface area (Å²) in [7, 11) is 0. The molecule has 1 unspecified atom stereocenters. The minimum atomic E-state index is 0.297. The van der Waals surface area contributed by atoms with E-state index in [1.165, 1.54) is 39.9 Å². The van der Waals surface area contributed by atoms with E-state index in [0.717, 1.165) is 63.0 Å². The Bertz CT molecular complexity index is 925. The molecule has 29 heavy (non-hydrogen) atoms. The van der Waals surface area contributed by atoms with Gasteiger partial charge < -0.3 is 9.80 Å². The molecule has 0 aromatic carbocycles. The quantitative estimate of drug-likeness (QED) is 0.750. The summed E-state index contributed by atoms with van der Waals surface area (Å²) in [5.74, 6) is 3.84.